The molecule has 1 heterocycles. The number of hydrogen-bond acceptors (Lipinski definition) is 2. The summed E-state index contributed by atoms with van der Waals surface area (Å²) >= 11 is 9.32. The quantitative estimate of drug-likeness (QED) is 0.738. The van der Waals surface area contributed by atoms with Crippen molar-refractivity contribution in [2.24, 2.45) is 5.92 Å². The van der Waals surface area contributed by atoms with Crippen LogP contribution in [0, 0.1) is 5.92 Å². The van der Waals surface area contributed by atoms with E-state index < -0.39 is 0 Å². The Morgan fingerprint density at radius 3 is 2.95 bits per heavy atom. The monoisotopic (exact) mass is 376 g/mol. The fourth-order valence-corrected chi connectivity index (χ4v) is 3.54. The van der Waals surface area contributed by atoms with Crippen molar-refractivity contribution >= 4 is 27.5 Å². The van der Waals surface area contributed by atoms with E-state index in [1.54, 1.807) is 4.90 Å². The first-order valence-corrected chi connectivity index (χ1v) is 8.81. The molecule has 0 aliphatic carbocycles. The average molecular weight is 378 g/mol. The zero-order valence-electron chi connectivity index (χ0n) is 12.5. The van der Waals surface area contributed by atoms with Gasteiger partial charge < -0.3 is 14.4 Å². The molecule has 0 bridgehead atoms. The minimum Gasteiger partial charge on any atom is -0.490 e. The summed E-state index contributed by atoms with van der Waals surface area (Å²) < 4.78 is 12.2. The van der Waals surface area contributed by atoms with Gasteiger partial charge in [0.15, 0.2) is 0 Å². The molecule has 1 fully saturated rings. The predicted molar refractivity (Wildman–Crippen MR) is 89.4 cm³/mol. The minimum absolute atomic E-state index is 0.561. The highest BCUT2D eigenvalue weighted by Gasteiger charge is 2.18. The van der Waals surface area contributed by atoms with Crippen LogP contribution in [-0.4, -0.2) is 39.5 Å². The molecule has 1 unspecified atom stereocenters. The van der Waals surface area contributed by atoms with Crippen LogP contribution in [0.15, 0.2) is 22.7 Å². The SMILES string of the molecule is C[C@@H]1CCC[NH+](CCOCCOc2ccc(Cl)cc2Br)C1. The van der Waals surface area contributed by atoms with Crippen molar-refractivity contribution in [3.8, 4) is 5.75 Å². The normalized spacial score (nSPS) is 22.2. The lowest BCUT2D eigenvalue weighted by atomic mass is 10.0. The van der Waals surface area contributed by atoms with Gasteiger partial charge in [-0.25, -0.2) is 0 Å². The molecular formula is C16H24BrClNO2+. The molecule has 1 aliphatic rings. The lowest BCUT2D eigenvalue weighted by Gasteiger charge is -2.27. The van der Waals surface area contributed by atoms with Crippen molar-refractivity contribution in [2.75, 3.05) is 39.5 Å². The maximum atomic E-state index is 5.89. The van der Waals surface area contributed by atoms with Crippen LogP contribution in [0.4, 0.5) is 0 Å². The number of rotatable bonds is 7. The summed E-state index contributed by atoms with van der Waals surface area (Å²) in [7, 11) is 0. The van der Waals surface area contributed by atoms with E-state index in [2.05, 4.69) is 22.9 Å². The predicted octanol–water partition coefficient (Wildman–Crippen LogP) is 2.81. The van der Waals surface area contributed by atoms with Crippen molar-refractivity contribution in [1.29, 1.82) is 0 Å². The lowest BCUT2D eigenvalue weighted by molar-refractivity contribution is -0.908. The molecule has 0 radical (unpaired) electrons. The Labute approximate surface area is 140 Å². The summed E-state index contributed by atoms with van der Waals surface area (Å²) in [6.45, 7) is 8.03. The number of nitrogens with one attached hydrogen (secondary N) is 1. The largest absolute Gasteiger partial charge is 0.490 e. The van der Waals surface area contributed by atoms with Crippen molar-refractivity contribution in [3.63, 3.8) is 0 Å². The van der Waals surface area contributed by atoms with Gasteiger partial charge in [-0.15, -0.1) is 0 Å². The van der Waals surface area contributed by atoms with Gasteiger partial charge in [-0.2, -0.15) is 0 Å². The van der Waals surface area contributed by atoms with Gasteiger partial charge in [-0.1, -0.05) is 18.5 Å². The van der Waals surface area contributed by atoms with E-state index in [9.17, 15) is 0 Å². The minimum atomic E-state index is 0.561. The molecule has 1 aromatic carbocycles. The maximum absolute atomic E-state index is 5.89. The van der Waals surface area contributed by atoms with Crippen molar-refractivity contribution in [2.45, 2.75) is 19.8 Å². The van der Waals surface area contributed by atoms with Crippen molar-refractivity contribution < 1.29 is 14.4 Å². The third-order valence-electron chi connectivity index (χ3n) is 3.84. The van der Waals surface area contributed by atoms with Crippen LogP contribution in [-0.2, 0) is 4.74 Å². The third kappa shape index (κ3) is 6.15. The first kappa shape index (κ1) is 17.1. The Kier molecular flexibility index (Phi) is 7.30. The number of halogens is 2. The third-order valence-corrected chi connectivity index (χ3v) is 4.70. The van der Waals surface area contributed by atoms with Crippen LogP contribution in [0.3, 0.4) is 0 Å². The van der Waals surface area contributed by atoms with Crippen LogP contribution in [0.2, 0.25) is 5.02 Å². The molecule has 21 heavy (non-hydrogen) atoms. The number of ether oxygens (including phenoxy) is 2. The Morgan fingerprint density at radius 2 is 2.19 bits per heavy atom. The van der Waals surface area contributed by atoms with Gasteiger partial charge in [0.25, 0.3) is 0 Å². The summed E-state index contributed by atoms with van der Waals surface area (Å²) in [6.07, 6.45) is 2.73. The molecular weight excluding hydrogens is 354 g/mol. The van der Waals surface area contributed by atoms with E-state index in [0.717, 1.165) is 29.3 Å². The van der Waals surface area contributed by atoms with Gasteiger partial charge in [0.1, 0.15) is 18.9 Å². The summed E-state index contributed by atoms with van der Waals surface area (Å²) in [5, 5.41) is 0.698. The second-order valence-corrected chi connectivity index (χ2v) is 7.03. The molecule has 0 amide bonds. The van der Waals surface area contributed by atoms with Crippen LogP contribution < -0.4 is 9.64 Å². The Balaban J connectivity index is 1.55. The summed E-state index contributed by atoms with van der Waals surface area (Å²) in [5.74, 6) is 1.66. The highest BCUT2D eigenvalue weighted by atomic mass is 79.9. The molecule has 0 saturated carbocycles. The number of piperidine rings is 1. The van der Waals surface area contributed by atoms with E-state index >= 15 is 0 Å². The topological polar surface area (TPSA) is 22.9 Å². The average Bonchev–Trinajstić information content (AvgIpc) is 2.44. The van der Waals surface area contributed by atoms with Crippen molar-refractivity contribution in [1.82, 2.24) is 0 Å². The fourth-order valence-electron chi connectivity index (χ4n) is 2.75. The number of quaternary nitrogens is 1. The van der Waals surface area contributed by atoms with Gasteiger partial charge in [0, 0.05) is 10.9 Å². The first-order chi connectivity index (χ1) is 10.1. The molecule has 3 nitrogen and oxygen atoms in total. The number of hydrogen-bond donors (Lipinski definition) is 1. The highest BCUT2D eigenvalue weighted by Crippen LogP contribution is 2.27. The van der Waals surface area contributed by atoms with E-state index in [1.165, 1.54) is 25.9 Å². The van der Waals surface area contributed by atoms with Gasteiger partial charge in [0.05, 0.1) is 30.8 Å². The highest BCUT2D eigenvalue weighted by molar-refractivity contribution is 9.10. The van der Waals surface area contributed by atoms with E-state index in [0.29, 0.717) is 18.2 Å². The lowest BCUT2D eigenvalue weighted by Crippen LogP contribution is -3.14. The zero-order valence-corrected chi connectivity index (χ0v) is 14.9. The zero-order chi connectivity index (χ0) is 15.1. The van der Waals surface area contributed by atoms with Crippen LogP contribution >= 0.6 is 27.5 Å². The van der Waals surface area contributed by atoms with Gasteiger partial charge in [-0.3, -0.25) is 0 Å². The van der Waals surface area contributed by atoms with Gasteiger partial charge in [-0.05, 0) is 47.0 Å². The second-order valence-electron chi connectivity index (χ2n) is 5.74. The molecule has 1 aromatic rings. The van der Waals surface area contributed by atoms with E-state index in [-0.39, 0.29) is 0 Å². The molecule has 1 N–H and O–H groups in total. The smallest absolute Gasteiger partial charge is 0.133 e. The summed E-state index contributed by atoms with van der Waals surface area (Å²) in [5.41, 5.74) is 0. The van der Waals surface area contributed by atoms with Crippen molar-refractivity contribution in [3.05, 3.63) is 27.7 Å². The van der Waals surface area contributed by atoms with Crippen LogP contribution in [0.1, 0.15) is 19.8 Å². The Bertz CT molecular complexity index is 444. The molecule has 0 aromatic heterocycles. The summed E-state index contributed by atoms with van der Waals surface area (Å²) in [6, 6.07) is 5.52. The second kappa shape index (κ2) is 8.99. The standard InChI is InChI=1S/C16H23BrClNO2/c1-13-3-2-6-19(12-13)7-8-20-9-10-21-16-5-4-14(18)11-15(16)17/h4-5,11,13H,2-3,6-10,12H2,1H3/p+1/t13-/m1/s1. The fraction of sp³-hybridized carbons (Fsp3) is 0.625. The molecule has 1 aliphatic heterocycles. The number of benzene rings is 1. The van der Waals surface area contributed by atoms with E-state index in [4.69, 9.17) is 21.1 Å². The molecule has 5 heteroatoms. The molecule has 0 spiro atoms. The maximum Gasteiger partial charge on any atom is 0.133 e. The summed E-state index contributed by atoms with van der Waals surface area (Å²) in [4.78, 5) is 1.68. The van der Waals surface area contributed by atoms with Gasteiger partial charge in [0.2, 0.25) is 0 Å². The first-order valence-electron chi connectivity index (χ1n) is 7.64. The molecule has 118 valence electrons. The number of likely N-dealkylation sites (tertiary alicyclic amines) is 1. The molecule has 1 saturated heterocycles. The van der Waals surface area contributed by atoms with Gasteiger partial charge >= 0.3 is 0 Å². The van der Waals surface area contributed by atoms with Crippen LogP contribution in [0.5, 0.6) is 5.75 Å². The molecule has 2 rings (SSSR count). The molecule has 2 atom stereocenters. The van der Waals surface area contributed by atoms with Crippen LogP contribution in [0.25, 0.3) is 0 Å². The Morgan fingerprint density at radius 1 is 1.33 bits per heavy atom. The Hall–Kier alpha value is -0.290. The van der Waals surface area contributed by atoms with E-state index in [1.807, 2.05) is 18.2 Å².